The van der Waals surface area contributed by atoms with Crippen LogP contribution in [0.5, 0.6) is 5.75 Å². The summed E-state index contributed by atoms with van der Waals surface area (Å²) in [6.07, 6.45) is -0.846. The van der Waals surface area contributed by atoms with E-state index in [0.717, 1.165) is 5.56 Å². The highest BCUT2D eigenvalue weighted by molar-refractivity contribution is 9.10. The molecule has 6 heteroatoms. The van der Waals surface area contributed by atoms with Gasteiger partial charge in [-0.15, -0.1) is 0 Å². The molecule has 0 saturated carbocycles. The number of halogens is 2. The van der Waals surface area contributed by atoms with E-state index < -0.39 is 11.9 Å². The van der Waals surface area contributed by atoms with Crippen LogP contribution in [0.25, 0.3) is 0 Å². The maximum atomic E-state index is 13.7. The molecular formula is C14H11BrFNO3. The van der Waals surface area contributed by atoms with Gasteiger partial charge in [0, 0.05) is 0 Å². The Kier molecular flexibility index (Phi) is 4.57. The van der Waals surface area contributed by atoms with Gasteiger partial charge in [0.1, 0.15) is 18.0 Å². The van der Waals surface area contributed by atoms with Crippen molar-refractivity contribution in [2.24, 2.45) is 0 Å². The second-order valence-corrected chi connectivity index (χ2v) is 4.80. The lowest BCUT2D eigenvalue weighted by atomic mass is 10.2. The van der Waals surface area contributed by atoms with E-state index >= 15 is 0 Å². The van der Waals surface area contributed by atoms with Gasteiger partial charge in [-0.3, -0.25) is 5.32 Å². The van der Waals surface area contributed by atoms with Crippen LogP contribution in [-0.2, 0) is 11.3 Å². The van der Waals surface area contributed by atoms with E-state index in [0.29, 0.717) is 0 Å². The van der Waals surface area contributed by atoms with E-state index in [1.807, 2.05) is 18.2 Å². The lowest BCUT2D eigenvalue weighted by Gasteiger charge is -2.10. The van der Waals surface area contributed by atoms with Crippen LogP contribution in [0.2, 0.25) is 0 Å². The van der Waals surface area contributed by atoms with E-state index in [4.69, 9.17) is 4.74 Å². The predicted molar refractivity (Wildman–Crippen MR) is 76.0 cm³/mol. The zero-order valence-corrected chi connectivity index (χ0v) is 11.9. The maximum absolute atomic E-state index is 13.7. The minimum absolute atomic E-state index is 0.0586. The molecule has 2 aromatic rings. The molecule has 20 heavy (non-hydrogen) atoms. The van der Waals surface area contributed by atoms with E-state index in [1.54, 1.807) is 12.1 Å². The van der Waals surface area contributed by atoms with Crippen LogP contribution in [0, 0.1) is 5.82 Å². The number of carbonyl (C=O) groups excluding carboxylic acids is 1. The number of benzene rings is 2. The van der Waals surface area contributed by atoms with Crippen molar-refractivity contribution >= 4 is 27.7 Å². The summed E-state index contributed by atoms with van der Waals surface area (Å²) >= 11 is 2.97. The summed E-state index contributed by atoms with van der Waals surface area (Å²) in [6.45, 7) is 0.0586. The molecule has 104 valence electrons. The summed E-state index contributed by atoms with van der Waals surface area (Å²) < 4.78 is 18.8. The van der Waals surface area contributed by atoms with Crippen molar-refractivity contribution in [3.63, 3.8) is 0 Å². The number of carbonyl (C=O) groups is 1. The Morgan fingerprint density at radius 1 is 1.25 bits per heavy atom. The lowest BCUT2D eigenvalue weighted by molar-refractivity contribution is 0.155. The smallest absolute Gasteiger partial charge is 0.412 e. The van der Waals surface area contributed by atoms with Gasteiger partial charge in [-0.25, -0.2) is 9.18 Å². The lowest BCUT2D eigenvalue weighted by Crippen LogP contribution is -2.14. The first-order valence-corrected chi connectivity index (χ1v) is 6.52. The Morgan fingerprint density at radius 2 is 1.95 bits per heavy atom. The normalized spacial score (nSPS) is 10.1. The van der Waals surface area contributed by atoms with Crippen LogP contribution < -0.4 is 5.32 Å². The SMILES string of the molecule is O=C(Nc1c(O)ccc(Br)c1F)OCc1ccccc1. The molecule has 0 aromatic heterocycles. The number of anilines is 1. The molecule has 4 nitrogen and oxygen atoms in total. The molecule has 0 aliphatic carbocycles. The zero-order chi connectivity index (χ0) is 14.5. The number of hydrogen-bond donors (Lipinski definition) is 2. The molecule has 0 heterocycles. The molecule has 2 N–H and O–H groups in total. The fraction of sp³-hybridized carbons (Fsp3) is 0.0714. The molecule has 0 fully saturated rings. The fourth-order valence-electron chi connectivity index (χ4n) is 1.52. The highest BCUT2D eigenvalue weighted by atomic mass is 79.9. The third-order valence-corrected chi connectivity index (χ3v) is 3.13. The summed E-state index contributed by atoms with van der Waals surface area (Å²) in [5, 5.41) is 11.7. The van der Waals surface area contributed by atoms with Gasteiger partial charge in [0.15, 0.2) is 5.82 Å². The molecule has 0 aliphatic rings. The molecule has 2 aromatic carbocycles. The van der Waals surface area contributed by atoms with Crippen LogP contribution in [-0.4, -0.2) is 11.2 Å². The van der Waals surface area contributed by atoms with E-state index in [1.165, 1.54) is 12.1 Å². The molecule has 0 unspecified atom stereocenters. The Morgan fingerprint density at radius 3 is 2.65 bits per heavy atom. The van der Waals surface area contributed by atoms with E-state index in [-0.39, 0.29) is 22.5 Å². The first-order chi connectivity index (χ1) is 9.58. The largest absolute Gasteiger partial charge is 0.506 e. The molecular weight excluding hydrogens is 329 g/mol. The average molecular weight is 340 g/mol. The van der Waals surface area contributed by atoms with Gasteiger partial charge in [-0.1, -0.05) is 30.3 Å². The highest BCUT2D eigenvalue weighted by Gasteiger charge is 2.15. The Bertz CT molecular complexity index is 619. The van der Waals surface area contributed by atoms with Gasteiger partial charge >= 0.3 is 6.09 Å². The first-order valence-electron chi connectivity index (χ1n) is 5.72. The number of amides is 1. The fourth-order valence-corrected chi connectivity index (χ4v) is 1.85. The van der Waals surface area contributed by atoms with Gasteiger partial charge in [-0.05, 0) is 33.6 Å². The van der Waals surface area contributed by atoms with Crippen molar-refractivity contribution < 1.29 is 19.0 Å². The molecule has 1 amide bonds. The monoisotopic (exact) mass is 339 g/mol. The molecule has 0 aliphatic heterocycles. The van der Waals surface area contributed by atoms with E-state index in [2.05, 4.69) is 21.2 Å². The highest BCUT2D eigenvalue weighted by Crippen LogP contribution is 2.31. The van der Waals surface area contributed by atoms with Crippen LogP contribution in [0.4, 0.5) is 14.9 Å². The number of aromatic hydroxyl groups is 1. The van der Waals surface area contributed by atoms with Crippen molar-refractivity contribution in [3.05, 3.63) is 58.3 Å². The molecule has 0 saturated heterocycles. The predicted octanol–water partition coefficient (Wildman–Crippen LogP) is 4.04. The van der Waals surface area contributed by atoms with Gasteiger partial charge in [0.05, 0.1) is 4.47 Å². The Hall–Kier alpha value is -2.08. The first kappa shape index (κ1) is 14.3. The molecule has 0 bridgehead atoms. The van der Waals surface area contributed by atoms with Crippen molar-refractivity contribution in [2.75, 3.05) is 5.32 Å². The van der Waals surface area contributed by atoms with Crippen LogP contribution in [0.15, 0.2) is 46.9 Å². The summed E-state index contributed by atoms with van der Waals surface area (Å²) in [5.41, 5.74) is 0.485. The van der Waals surface area contributed by atoms with Gasteiger partial charge < -0.3 is 9.84 Å². The molecule has 0 atom stereocenters. The summed E-state index contributed by atoms with van der Waals surface area (Å²) in [7, 11) is 0. The molecule has 2 rings (SSSR count). The number of phenolic OH excluding ortho intramolecular Hbond substituents is 1. The van der Waals surface area contributed by atoms with E-state index in [9.17, 15) is 14.3 Å². The third-order valence-electron chi connectivity index (χ3n) is 2.51. The van der Waals surface area contributed by atoms with Gasteiger partial charge in [0.25, 0.3) is 0 Å². The average Bonchev–Trinajstić information content (AvgIpc) is 2.46. The third kappa shape index (κ3) is 3.48. The summed E-state index contributed by atoms with van der Waals surface area (Å²) in [6, 6.07) is 11.7. The number of phenols is 1. The van der Waals surface area contributed by atoms with Gasteiger partial charge in [-0.2, -0.15) is 0 Å². The Labute approximate surface area is 123 Å². The number of rotatable bonds is 3. The van der Waals surface area contributed by atoms with Gasteiger partial charge in [0.2, 0.25) is 0 Å². The van der Waals surface area contributed by atoms with Crippen LogP contribution in [0.3, 0.4) is 0 Å². The molecule has 0 radical (unpaired) electrons. The summed E-state index contributed by atoms with van der Waals surface area (Å²) in [4.78, 5) is 11.6. The van der Waals surface area contributed by atoms with Crippen molar-refractivity contribution in [3.8, 4) is 5.75 Å². The topological polar surface area (TPSA) is 58.6 Å². The second-order valence-electron chi connectivity index (χ2n) is 3.94. The summed E-state index contributed by atoms with van der Waals surface area (Å²) in [5.74, 6) is -1.14. The Balaban J connectivity index is 2.00. The second kappa shape index (κ2) is 6.38. The number of nitrogens with one attached hydrogen (secondary N) is 1. The standard InChI is InChI=1S/C14H11BrFNO3/c15-10-6-7-11(18)13(12(10)16)17-14(19)20-8-9-4-2-1-3-5-9/h1-7,18H,8H2,(H,17,19). The van der Waals surface area contributed by atoms with Crippen molar-refractivity contribution in [1.82, 2.24) is 0 Å². The zero-order valence-electron chi connectivity index (χ0n) is 10.3. The minimum Gasteiger partial charge on any atom is -0.506 e. The number of ether oxygens (including phenoxy) is 1. The van der Waals surface area contributed by atoms with Crippen LogP contribution in [0.1, 0.15) is 5.56 Å². The minimum atomic E-state index is -0.846. The maximum Gasteiger partial charge on any atom is 0.412 e. The number of hydrogen-bond acceptors (Lipinski definition) is 3. The quantitative estimate of drug-likeness (QED) is 0.829. The van der Waals surface area contributed by atoms with Crippen molar-refractivity contribution in [1.29, 1.82) is 0 Å². The van der Waals surface area contributed by atoms with Crippen LogP contribution >= 0.6 is 15.9 Å². The molecule has 0 spiro atoms. The van der Waals surface area contributed by atoms with Crippen molar-refractivity contribution in [2.45, 2.75) is 6.61 Å².